The maximum absolute atomic E-state index is 13.1. The first kappa shape index (κ1) is 20.1. The van der Waals surface area contributed by atoms with E-state index < -0.39 is 6.04 Å². The standard InChI is InChI=1S/C24H24N4O4/c1-30-18-13-20(32-3)19(31-2)12-15(18)22-21-16(10-7-11-17(21)29)25-24-26-23(27-28(22)24)14-8-5-4-6-9-14/h4-6,8-9,12-13,22H,7,10-11H2,1-3H3,(H,25,26,27). The molecule has 32 heavy (non-hydrogen) atoms. The summed E-state index contributed by atoms with van der Waals surface area (Å²) in [7, 11) is 4.76. The summed E-state index contributed by atoms with van der Waals surface area (Å²) in [5.41, 5.74) is 3.25. The number of ether oxygens (including phenoxy) is 3. The second-order valence-electron chi connectivity index (χ2n) is 7.72. The van der Waals surface area contributed by atoms with E-state index in [1.807, 2.05) is 36.4 Å². The van der Waals surface area contributed by atoms with Crippen LogP contribution in [-0.4, -0.2) is 41.9 Å². The zero-order valence-electron chi connectivity index (χ0n) is 18.2. The average Bonchev–Trinajstić information content (AvgIpc) is 3.26. The van der Waals surface area contributed by atoms with Gasteiger partial charge in [-0.25, -0.2) is 4.68 Å². The molecule has 8 heteroatoms. The van der Waals surface area contributed by atoms with Gasteiger partial charge in [0.1, 0.15) is 11.8 Å². The summed E-state index contributed by atoms with van der Waals surface area (Å²) >= 11 is 0. The number of nitrogens with zero attached hydrogens (tertiary/aromatic N) is 3. The summed E-state index contributed by atoms with van der Waals surface area (Å²) < 4.78 is 18.5. The first-order valence-corrected chi connectivity index (χ1v) is 10.5. The van der Waals surface area contributed by atoms with Crippen molar-refractivity contribution in [1.82, 2.24) is 14.8 Å². The highest BCUT2D eigenvalue weighted by molar-refractivity contribution is 5.99. The number of methoxy groups -OCH3 is 3. The minimum Gasteiger partial charge on any atom is -0.496 e. The molecule has 0 saturated heterocycles. The van der Waals surface area contributed by atoms with Gasteiger partial charge in [-0.2, -0.15) is 4.98 Å². The normalized spacial score (nSPS) is 17.3. The molecule has 0 bridgehead atoms. The molecule has 1 aliphatic carbocycles. The van der Waals surface area contributed by atoms with Crippen molar-refractivity contribution in [3.8, 4) is 28.6 Å². The van der Waals surface area contributed by atoms with Crippen molar-refractivity contribution in [2.45, 2.75) is 25.3 Å². The smallest absolute Gasteiger partial charge is 0.226 e. The Morgan fingerprint density at radius 2 is 1.69 bits per heavy atom. The first-order chi connectivity index (χ1) is 15.6. The molecule has 0 spiro atoms. The SMILES string of the molecule is COc1cc(OC)c(C2C3=C(CCCC3=O)Nc3nc(-c4ccccc4)nn32)cc1OC. The molecule has 3 aromatic rings. The molecule has 1 atom stereocenters. The Labute approximate surface area is 185 Å². The van der Waals surface area contributed by atoms with Gasteiger partial charge in [0, 0.05) is 34.9 Å². The lowest BCUT2D eigenvalue weighted by molar-refractivity contribution is -0.116. The van der Waals surface area contributed by atoms with Crippen molar-refractivity contribution < 1.29 is 19.0 Å². The van der Waals surface area contributed by atoms with Crippen LogP contribution in [-0.2, 0) is 4.79 Å². The predicted octanol–water partition coefficient (Wildman–Crippen LogP) is 3.99. The highest BCUT2D eigenvalue weighted by atomic mass is 16.5. The van der Waals surface area contributed by atoms with E-state index in [4.69, 9.17) is 24.3 Å². The number of aromatic nitrogens is 3. The quantitative estimate of drug-likeness (QED) is 0.652. The van der Waals surface area contributed by atoms with Gasteiger partial charge in [0.2, 0.25) is 5.95 Å². The third-order valence-corrected chi connectivity index (χ3v) is 5.93. The fourth-order valence-electron chi connectivity index (χ4n) is 4.42. The molecule has 0 radical (unpaired) electrons. The second kappa shape index (κ2) is 8.03. The number of allylic oxidation sites excluding steroid dienone is 2. The number of carbonyl (C=O) groups excluding carboxylic acids is 1. The van der Waals surface area contributed by atoms with Gasteiger partial charge in [0.05, 0.1) is 21.3 Å². The molecule has 2 aliphatic rings. The van der Waals surface area contributed by atoms with E-state index in [9.17, 15) is 4.79 Å². The Bertz CT molecular complexity index is 1220. The third-order valence-electron chi connectivity index (χ3n) is 5.93. The summed E-state index contributed by atoms with van der Waals surface area (Å²) in [5.74, 6) is 2.97. The molecule has 0 fully saturated rings. The molecular weight excluding hydrogens is 408 g/mol. The first-order valence-electron chi connectivity index (χ1n) is 10.5. The molecule has 1 unspecified atom stereocenters. The van der Waals surface area contributed by atoms with Crippen molar-refractivity contribution in [1.29, 1.82) is 0 Å². The van der Waals surface area contributed by atoms with Gasteiger partial charge in [-0.05, 0) is 18.9 Å². The Morgan fingerprint density at radius 1 is 0.969 bits per heavy atom. The number of anilines is 1. The fraction of sp³-hybridized carbons (Fsp3) is 0.292. The minimum atomic E-state index is -0.492. The van der Waals surface area contributed by atoms with Crippen LogP contribution in [0.1, 0.15) is 30.9 Å². The zero-order chi connectivity index (χ0) is 22.2. The Hall–Kier alpha value is -3.81. The average molecular weight is 432 g/mol. The van der Waals surface area contributed by atoms with Gasteiger partial charge in [-0.15, -0.1) is 5.10 Å². The number of fused-ring (bicyclic) bond motifs is 1. The van der Waals surface area contributed by atoms with E-state index in [-0.39, 0.29) is 5.78 Å². The van der Waals surface area contributed by atoms with Crippen molar-refractivity contribution in [3.63, 3.8) is 0 Å². The van der Waals surface area contributed by atoms with Crippen LogP contribution in [0.3, 0.4) is 0 Å². The second-order valence-corrected chi connectivity index (χ2v) is 7.72. The molecule has 1 aromatic heterocycles. The van der Waals surface area contributed by atoms with Crippen LogP contribution >= 0.6 is 0 Å². The van der Waals surface area contributed by atoms with Crippen molar-refractivity contribution in [3.05, 3.63) is 59.3 Å². The summed E-state index contributed by atoms with van der Waals surface area (Å²) in [5, 5.41) is 8.17. The number of Topliss-reactive ketones (excluding diaryl/α,β-unsaturated/α-hetero) is 1. The predicted molar refractivity (Wildman–Crippen MR) is 119 cm³/mol. The molecular formula is C24H24N4O4. The molecule has 164 valence electrons. The fourth-order valence-corrected chi connectivity index (χ4v) is 4.42. The molecule has 8 nitrogen and oxygen atoms in total. The van der Waals surface area contributed by atoms with E-state index in [1.54, 1.807) is 32.1 Å². The van der Waals surface area contributed by atoms with E-state index in [0.717, 1.165) is 29.7 Å². The molecule has 0 amide bonds. The third kappa shape index (κ3) is 3.19. The van der Waals surface area contributed by atoms with E-state index in [2.05, 4.69) is 5.32 Å². The Kier molecular flexibility index (Phi) is 5.05. The number of hydrogen-bond donors (Lipinski definition) is 1. The summed E-state index contributed by atoms with van der Waals surface area (Å²) in [6.07, 6.45) is 2.09. The van der Waals surface area contributed by atoms with Gasteiger partial charge in [-0.1, -0.05) is 30.3 Å². The topological polar surface area (TPSA) is 87.5 Å². The molecule has 5 rings (SSSR count). The molecule has 1 aliphatic heterocycles. The van der Waals surface area contributed by atoms with Crippen LogP contribution in [0.15, 0.2) is 53.7 Å². The molecule has 1 N–H and O–H groups in total. The van der Waals surface area contributed by atoms with Crippen LogP contribution in [0.4, 0.5) is 5.95 Å². The number of ketones is 1. The Balaban J connectivity index is 1.74. The maximum Gasteiger partial charge on any atom is 0.226 e. The van der Waals surface area contributed by atoms with Gasteiger partial charge in [-0.3, -0.25) is 4.79 Å². The molecule has 2 heterocycles. The Morgan fingerprint density at radius 3 is 2.41 bits per heavy atom. The highest BCUT2D eigenvalue weighted by Crippen LogP contribution is 2.46. The van der Waals surface area contributed by atoms with Crippen LogP contribution in [0.25, 0.3) is 11.4 Å². The van der Waals surface area contributed by atoms with Crippen molar-refractivity contribution in [2.75, 3.05) is 26.6 Å². The number of rotatable bonds is 5. The lowest BCUT2D eigenvalue weighted by atomic mass is 9.85. The van der Waals surface area contributed by atoms with E-state index >= 15 is 0 Å². The lowest BCUT2D eigenvalue weighted by Crippen LogP contribution is -2.31. The number of hydrogen-bond acceptors (Lipinski definition) is 7. The zero-order valence-corrected chi connectivity index (χ0v) is 18.2. The van der Waals surface area contributed by atoms with Crippen LogP contribution in [0.5, 0.6) is 17.2 Å². The maximum atomic E-state index is 13.1. The number of nitrogens with one attached hydrogen (secondary N) is 1. The minimum absolute atomic E-state index is 0.1000. The van der Waals surface area contributed by atoms with Gasteiger partial charge in [0.15, 0.2) is 23.1 Å². The summed E-state index contributed by atoms with van der Waals surface area (Å²) in [6, 6.07) is 12.9. The number of carbonyl (C=O) groups is 1. The van der Waals surface area contributed by atoms with Gasteiger partial charge >= 0.3 is 0 Å². The number of benzene rings is 2. The molecule has 0 saturated carbocycles. The summed E-state index contributed by atoms with van der Waals surface area (Å²) in [6.45, 7) is 0. The molecule has 2 aromatic carbocycles. The van der Waals surface area contributed by atoms with Crippen LogP contribution in [0.2, 0.25) is 0 Å². The van der Waals surface area contributed by atoms with Crippen molar-refractivity contribution in [2.24, 2.45) is 0 Å². The summed E-state index contributed by atoms with van der Waals surface area (Å²) in [4.78, 5) is 17.9. The van der Waals surface area contributed by atoms with Gasteiger partial charge < -0.3 is 19.5 Å². The highest BCUT2D eigenvalue weighted by Gasteiger charge is 2.38. The van der Waals surface area contributed by atoms with Crippen molar-refractivity contribution >= 4 is 11.7 Å². The van der Waals surface area contributed by atoms with Crippen LogP contribution in [0, 0.1) is 0 Å². The van der Waals surface area contributed by atoms with Crippen LogP contribution < -0.4 is 19.5 Å². The van der Waals surface area contributed by atoms with E-state index in [0.29, 0.717) is 41.0 Å². The lowest BCUT2D eigenvalue weighted by Gasteiger charge is -2.33. The van der Waals surface area contributed by atoms with Gasteiger partial charge in [0.25, 0.3) is 0 Å². The van der Waals surface area contributed by atoms with E-state index in [1.165, 1.54) is 0 Å². The monoisotopic (exact) mass is 432 g/mol. The largest absolute Gasteiger partial charge is 0.496 e.